The maximum atomic E-state index is 12.1. The maximum Gasteiger partial charge on any atom is 0.305 e. The van der Waals surface area contributed by atoms with Crippen LogP contribution in [-0.4, -0.2) is 49.6 Å². The number of esters is 2. The maximum absolute atomic E-state index is 12.1. The summed E-state index contributed by atoms with van der Waals surface area (Å²) < 4.78 is 22.3. The number of carbonyl (C=O) groups is 2. The molecule has 0 N–H and O–H groups in total. The molecule has 8 atom stereocenters. The molecule has 2 saturated heterocycles. The number of unbranched alkanes of at least 4 members (excludes halogenated alkanes) is 1. The number of fused-ring (bicyclic) bond motifs is 2. The second-order valence-electron chi connectivity index (χ2n) is 9.80. The molecule has 2 saturated carbocycles. The minimum atomic E-state index is -0.149. The minimum Gasteiger partial charge on any atom is -0.465 e. The highest BCUT2D eigenvalue weighted by molar-refractivity contribution is 5.70. The van der Waals surface area contributed by atoms with Gasteiger partial charge in [0, 0.05) is 12.8 Å². The van der Waals surface area contributed by atoms with E-state index in [4.69, 9.17) is 18.9 Å². The van der Waals surface area contributed by atoms with Crippen LogP contribution in [0.15, 0.2) is 0 Å². The van der Waals surface area contributed by atoms with E-state index in [-0.39, 0.29) is 11.9 Å². The molecule has 30 heavy (non-hydrogen) atoms. The summed E-state index contributed by atoms with van der Waals surface area (Å²) in [7, 11) is 0. The van der Waals surface area contributed by atoms with Gasteiger partial charge in [-0.15, -0.1) is 0 Å². The fraction of sp³-hybridized carbons (Fsp3) is 0.917. The zero-order chi connectivity index (χ0) is 21.1. The van der Waals surface area contributed by atoms with Crippen molar-refractivity contribution in [1.29, 1.82) is 0 Å². The lowest BCUT2D eigenvalue weighted by Crippen LogP contribution is -2.29. The van der Waals surface area contributed by atoms with Crippen LogP contribution in [0.3, 0.4) is 0 Å². The minimum absolute atomic E-state index is 0.149. The molecular formula is C24H38O6. The summed E-state index contributed by atoms with van der Waals surface area (Å²) in [6, 6.07) is 0. The van der Waals surface area contributed by atoms with E-state index in [2.05, 4.69) is 13.8 Å². The molecule has 6 heteroatoms. The van der Waals surface area contributed by atoms with Crippen LogP contribution < -0.4 is 0 Å². The van der Waals surface area contributed by atoms with Gasteiger partial charge in [-0.2, -0.15) is 0 Å². The Labute approximate surface area is 180 Å². The topological polar surface area (TPSA) is 77.7 Å². The van der Waals surface area contributed by atoms with E-state index >= 15 is 0 Å². The van der Waals surface area contributed by atoms with E-state index < -0.39 is 0 Å². The number of ether oxygens (including phenoxy) is 4. The van der Waals surface area contributed by atoms with E-state index in [9.17, 15) is 9.59 Å². The second-order valence-corrected chi connectivity index (χ2v) is 9.80. The molecular weight excluding hydrogens is 384 g/mol. The predicted molar refractivity (Wildman–Crippen MR) is 111 cm³/mol. The number of carbonyl (C=O) groups excluding carboxylic acids is 2. The third-order valence-electron chi connectivity index (χ3n) is 7.83. The highest BCUT2D eigenvalue weighted by Gasteiger charge is 2.48. The molecule has 0 aromatic heterocycles. The smallest absolute Gasteiger partial charge is 0.305 e. The lowest BCUT2D eigenvalue weighted by molar-refractivity contribution is -0.148. The van der Waals surface area contributed by atoms with E-state index in [1.54, 1.807) is 0 Å². The van der Waals surface area contributed by atoms with Crippen molar-refractivity contribution in [3.8, 4) is 0 Å². The van der Waals surface area contributed by atoms with Crippen LogP contribution in [0.25, 0.3) is 0 Å². The normalized spacial score (nSPS) is 38.9. The van der Waals surface area contributed by atoms with Crippen LogP contribution in [0.5, 0.6) is 0 Å². The molecule has 8 unspecified atom stereocenters. The largest absolute Gasteiger partial charge is 0.465 e. The first-order valence-corrected chi connectivity index (χ1v) is 12.2. The number of rotatable bonds is 11. The Morgan fingerprint density at radius 3 is 1.40 bits per heavy atom. The van der Waals surface area contributed by atoms with Gasteiger partial charge >= 0.3 is 11.9 Å². The zero-order valence-electron chi connectivity index (χ0n) is 18.6. The van der Waals surface area contributed by atoms with Gasteiger partial charge in [-0.05, 0) is 62.2 Å². The Hall–Kier alpha value is -1.14. The summed E-state index contributed by atoms with van der Waals surface area (Å²) >= 11 is 0. The van der Waals surface area contributed by atoms with Crippen molar-refractivity contribution in [3.05, 3.63) is 0 Å². The van der Waals surface area contributed by atoms with Crippen molar-refractivity contribution in [2.24, 2.45) is 23.7 Å². The Morgan fingerprint density at radius 2 is 1.03 bits per heavy atom. The number of hydrogen-bond donors (Lipinski definition) is 0. The van der Waals surface area contributed by atoms with Crippen LogP contribution in [0.2, 0.25) is 0 Å². The van der Waals surface area contributed by atoms with E-state index in [1.807, 2.05) is 0 Å². The van der Waals surface area contributed by atoms with Crippen LogP contribution in [0.1, 0.15) is 78.1 Å². The summed E-state index contributed by atoms with van der Waals surface area (Å²) in [6.07, 6.45) is 10.3. The van der Waals surface area contributed by atoms with Crippen molar-refractivity contribution in [1.82, 2.24) is 0 Å². The third kappa shape index (κ3) is 5.76. The van der Waals surface area contributed by atoms with Gasteiger partial charge in [-0.3, -0.25) is 9.59 Å². The van der Waals surface area contributed by atoms with Crippen LogP contribution in [-0.2, 0) is 28.5 Å². The predicted octanol–water partition coefficient (Wildman–Crippen LogP) is 4.04. The molecule has 2 aliphatic carbocycles. The molecule has 2 heterocycles. The van der Waals surface area contributed by atoms with Gasteiger partial charge < -0.3 is 18.9 Å². The van der Waals surface area contributed by atoms with E-state index in [0.717, 1.165) is 38.5 Å². The molecule has 4 aliphatic rings. The SMILES string of the molecule is CCC1CC2OC2CC1COC(=O)CCCCC(=O)OCC1CC2OC2CC1CC. The fourth-order valence-corrected chi connectivity index (χ4v) is 5.64. The molecule has 0 radical (unpaired) electrons. The molecule has 4 fully saturated rings. The van der Waals surface area contributed by atoms with Crippen molar-refractivity contribution in [2.75, 3.05) is 13.2 Å². The fourth-order valence-electron chi connectivity index (χ4n) is 5.64. The lowest BCUT2D eigenvalue weighted by atomic mass is 9.78. The summed E-state index contributed by atoms with van der Waals surface area (Å²) in [6.45, 7) is 5.43. The van der Waals surface area contributed by atoms with Gasteiger partial charge in [-0.1, -0.05) is 26.7 Å². The number of hydrogen-bond acceptors (Lipinski definition) is 6. The highest BCUT2D eigenvalue weighted by atomic mass is 16.6. The van der Waals surface area contributed by atoms with Crippen LogP contribution in [0.4, 0.5) is 0 Å². The summed E-state index contributed by atoms with van der Waals surface area (Å²) in [4.78, 5) is 24.1. The summed E-state index contributed by atoms with van der Waals surface area (Å²) in [5, 5.41) is 0. The summed E-state index contributed by atoms with van der Waals surface area (Å²) in [5.74, 6) is 1.77. The van der Waals surface area contributed by atoms with Crippen molar-refractivity contribution < 1.29 is 28.5 Å². The molecule has 4 rings (SSSR count). The monoisotopic (exact) mass is 422 g/mol. The van der Waals surface area contributed by atoms with Gasteiger partial charge in [0.25, 0.3) is 0 Å². The van der Waals surface area contributed by atoms with E-state index in [0.29, 0.717) is 87.0 Å². The van der Waals surface area contributed by atoms with Gasteiger partial charge in [0.05, 0.1) is 37.6 Å². The highest BCUT2D eigenvalue weighted by Crippen LogP contribution is 2.45. The quantitative estimate of drug-likeness (QED) is 0.284. The molecule has 0 bridgehead atoms. The van der Waals surface area contributed by atoms with Gasteiger partial charge in [0.2, 0.25) is 0 Å². The Bertz CT molecular complexity index is 555. The molecule has 0 aromatic carbocycles. The Balaban J connectivity index is 1.04. The zero-order valence-corrected chi connectivity index (χ0v) is 18.6. The van der Waals surface area contributed by atoms with Gasteiger partial charge in [0.15, 0.2) is 0 Å². The van der Waals surface area contributed by atoms with E-state index in [1.165, 1.54) is 0 Å². The first kappa shape index (κ1) is 22.1. The molecule has 0 spiro atoms. The molecule has 170 valence electrons. The Morgan fingerprint density at radius 1 is 0.667 bits per heavy atom. The Kier molecular flexibility index (Phi) is 7.35. The van der Waals surface area contributed by atoms with Gasteiger partial charge in [-0.25, -0.2) is 0 Å². The number of epoxide rings is 2. The van der Waals surface area contributed by atoms with Crippen molar-refractivity contribution in [3.63, 3.8) is 0 Å². The molecule has 6 nitrogen and oxygen atoms in total. The summed E-state index contributed by atoms with van der Waals surface area (Å²) in [5.41, 5.74) is 0. The van der Waals surface area contributed by atoms with Crippen LogP contribution >= 0.6 is 0 Å². The first-order valence-electron chi connectivity index (χ1n) is 12.2. The van der Waals surface area contributed by atoms with Gasteiger partial charge in [0.1, 0.15) is 0 Å². The van der Waals surface area contributed by atoms with Crippen molar-refractivity contribution in [2.45, 2.75) is 102 Å². The lowest BCUT2D eigenvalue weighted by Gasteiger charge is -2.28. The van der Waals surface area contributed by atoms with Crippen molar-refractivity contribution >= 4 is 11.9 Å². The molecule has 2 aliphatic heterocycles. The average molecular weight is 423 g/mol. The second kappa shape index (κ2) is 9.99. The first-order chi connectivity index (χ1) is 14.6. The van der Waals surface area contributed by atoms with Crippen LogP contribution in [0, 0.1) is 23.7 Å². The third-order valence-corrected chi connectivity index (χ3v) is 7.83. The molecule has 0 aromatic rings. The molecule has 0 amide bonds. The standard InChI is InChI=1S/C24H38O6/c1-3-15-9-19-21(29-19)11-17(15)13-27-23(25)7-5-6-8-24(26)28-14-18-12-22-20(30-22)10-16(18)4-2/h15-22H,3-14H2,1-2H3. The average Bonchev–Trinajstić information content (AvgIpc) is 3.66.